The van der Waals surface area contributed by atoms with Crippen LogP contribution in [-0.4, -0.2) is 36.4 Å². The number of benzene rings is 3. The molecule has 32 heavy (non-hydrogen) atoms. The summed E-state index contributed by atoms with van der Waals surface area (Å²) in [5.41, 5.74) is 5.48. The average molecular weight is 431 g/mol. The van der Waals surface area contributed by atoms with Crippen molar-refractivity contribution >= 4 is 12.1 Å². The molecule has 0 heterocycles. The number of aliphatic carboxylic acids is 1. The molecule has 0 spiro atoms. The number of alkyl carbamates (subject to hydrolysis) is 1. The Balaban J connectivity index is 1.30. The van der Waals surface area contributed by atoms with Crippen molar-refractivity contribution in [2.45, 2.75) is 25.0 Å². The topological polar surface area (TPSA) is 84.9 Å². The molecule has 1 aliphatic carbocycles. The molecule has 0 saturated carbocycles. The third kappa shape index (κ3) is 4.98. The summed E-state index contributed by atoms with van der Waals surface area (Å²) in [4.78, 5) is 23.9. The first-order valence-electron chi connectivity index (χ1n) is 10.6. The van der Waals surface area contributed by atoms with E-state index in [1.54, 1.807) is 0 Å². The number of hydrogen-bond donors (Lipinski definition) is 2. The molecule has 0 aliphatic heterocycles. The summed E-state index contributed by atoms with van der Waals surface area (Å²) in [7, 11) is 0. The van der Waals surface area contributed by atoms with Crippen molar-refractivity contribution in [1.82, 2.24) is 5.32 Å². The molecule has 0 aromatic heterocycles. The molecule has 0 saturated heterocycles. The summed E-state index contributed by atoms with van der Waals surface area (Å²) in [5.74, 6) is -1.20. The molecule has 0 fully saturated rings. The number of carboxylic acid groups (broad SMARTS) is 1. The van der Waals surface area contributed by atoms with Gasteiger partial charge in [-0.3, -0.25) is 0 Å². The predicted molar refractivity (Wildman–Crippen MR) is 120 cm³/mol. The molecule has 0 radical (unpaired) electrons. The number of hydrogen-bond acceptors (Lipinski definition) is 4. The number of rotatable bonds is 9. The zero-order valence-corrected chi connectivity index (χ0v) is 17.6. The predicted octanol–water partition coefficient (Wildman–Crippen LogP) is 4.59. The third-order valence-electron chi connectivity index (χ3n) is 5.60. The van der Waals surface area contributed by atoms with Crippen LogP contribution in [0.25, 0.3) is 11.1 Å². The van der Waals surface area contributed by atoms with Crippen LogP contribution in [-0.2, 0) is 20.9 Å². The Bertz CT molecular complexity index is 1040. The Morgan fingerprint density at radius 1 is 0.875 bits per heavy atom. The highest BCUT2D eigenvalue weighted by Crippen LogP contribution is 2.44. The molecular formula is C26H25NO5. The number of fused-ring (bicyclic) bond motifs is 3. The van der Waals surface area contributed by atoms with Crippen molar-refractivity contribution in [2.24, 2.45) is 0 Å². The van der Waals surface area contributed by atoms with E-state index in [-0.39, 0.29) is 25.6 Å². The van der Waals surface area contributed by atoms with E-state index in [1.165, 1.54) is 0 Å². The number of amides is 1. The molecule has 0 bridgehead atoms. The molecule has 2 N–H and O–H groups in total. The van der Waals surface area contributed by atoms with Crippen molar-refractivity contribution in [3.05, 3.63) is 95.6 Å². The first-order valence-corrected chi connectivity index (χ1v) is 10.6. The van der Waals surface area contributed by atoms with Gasteiger partial charge in [0.15, 0.2) is 0 Å². The van der Waals surface area contributed by atoms with Crippen LogP contribution in [0.5, 0.6) is 0 Å². The standard InChI is InChI=1S/C26H25NO5/c28-25(29)24(14-15-31-16-18-8-2-1-3-9-18)27-26(30)32-17-23-21-12-6-4-10-19(21)20-11-5-7-13-22(20)23/h1-13,23-24H,14-17H2,(H,27,30)(H,28,29)/t24-/m0/s1. The highest BCUT2D eigenvalue weighted by molar-refractivity contribution is 5.81. The maximum Gasteiger partial charge on any atom is 0.407 e. The first kappa shape index (κ1) is 21.6. The van der Waals surface area contributed by atoms with Crippen molar-refractivity contribution in [2.75, 3.05) is 13.2 Å². The van der Waals surface area contributed by atoms with E-state index >= 15 is 0 Å². The molecule has 1 aliphatic rings. The number of carbonyl (C=O) groups excluding carboxylic acids is 1. The first-order chi connectivity index (χ1) is 15.6. The van der Waals surface area contributed by atoms with E-state index in [0.29, 0.717) is 6.61 Å². The fourth-order valence-electron chi connectivity index (χ4n) is 4.01. The molecule has 1 amide bonds. The van der Waals surface area contributed by atoms with Gasteiger partial charge in [0.05, 0.1) is 6.61 Å². The van der Waals surface area contributed by atoms with Crippen LogP contribution in [0.15, 0.2) is 78.9 Å². The van der Waals surface area contributed by atoms with Gasteiger partial charge < -0.3 is 19.9 Å². The molecule has 3 aromatic carbocycles. The van der Waals surface area contributed by atoms with Crippen LogP contribution in [0.1, 0.15) is 29.0 Å². The van der Waals surface area contributed by atoms with E-state index in [9.17, 15) is 14.7 Å². The molecule has 6 heteroatoms. The van der Waals surface area contributed by atoms with Gasteiger partial charge in [-0.15, -0.1) is 0 Å². The largest absolute Gasteiger partial charge is 0.480 e. The maximum atomic E-state index is 12.4. The van der Waals surface area contributed by atoms with Crippen LogP contribution in [0.3, 0.4) is 0 Å². The fraction of sp³-hybridized carbons (Fsp3) is 0.231. The molecular weight excluding hydrogens is 406 g/mol. The van der Waals surface area contributed by atoms with Crippen LogP contribution in [0.2, 0.25) is 0 Å². The summed E-state index contributed by atoms with van der Waals surface area (Å²) < 4.78 is 11.0. The van der Waals surface area contributed by atoms with E-state index in [4.69, 9.17) is 9.47 Å². The minimum absolute atomic E-state index is 0.0781. The number of carboxylic acids is 1. The summed E-state index contributed by atoms with van der Waals surface area (Å²) in [6, 6.07) is 24.6. The lowest BCUT2D eigenvalue weighted by Crippen LogP contribution is -2.42. The summed E-state index contributed by atoms with van der Waals surface area (Å²) in [6.45, 7) is 0.727. The SMILES string of the molecule is O=C(N[C@@H](CCOCc1ccccc1)C(=O)O)OCC1c2ccccc2-c2ccccc21. The van der Waals surface area contributed by atoms with Crippen LogP contribution < -0.4 is 5.32 Å². The van der Waals surface area contributed by atoms with Crippen LogP contribution in [0, 0.1) is 0 Å². The van der Waals surface area contributed by atoms with E-state index in [0.717, 1.165) is 27.8 Å². The molecule has 6 nitrogen and oxygen atoms in total. The zero-order chi connectivity index (χ0) is 22.3. The summed E-state index contributed by atoms with van der Waals surface area (Å²) in [5, 5.41) is 11.9. The minimum atomic E-state index is -1.12. The monoisotopic (exact) mass is 431 g/mol. The van der Waals surface area contributed by atoms with Crippen LogP contribution in [0.4, 0.5) is 4.79 Å². The molecule has 1 atom stereocenters. The van der Waals surface area contributed by atoms with Crippen molar-refractivity contribution < 1.29 is 24.2 Å². The molecule has 4 rings (SSSR count). The third-order valence-corrected chi connectivity index (χ3v) is 5.60. The fourth-order valence-corrected chi connectivity index (χ4v) is 4.01. The zero-order valence-electron chi connectivity index (χ0n) is 17.6. The number of carbonyl (C=O) groups is 2. The van der Waals surface area contributed by atoms with E-state index in [2.05, 4.69) is 17.4 Å². The van der Waals surface area contributed by atoms with Crippen molar-refractivity contribution in [1.29, 1.82) is 0 Å². The van der Waals surface area contributed by atoms with Gasteiger partial charge in [0, 0.05) is 18.9 Å². The van der Waals surface area contributed by atoms with E-state index < -0.39 is 18.1 Å². The Morgan fingerprint density at radius 3 is 2.09 bits per heavy atom. The Morgan fingerprint density at radius 2 is 1.47 bits per heavy atom. The van der Waals surface area contributed by atoms with Gasteiger partial charge in [0.2, 0.25) is 0 Å². The van der Waals surface area contributed by atoms with E-state index in [1.807, 2.05) is 66.7 Å². The quantitative estimate of drug-likeness (QED) is 0.484. The number of nitrogens with one attached hydrogen (secondary N) is 1. The average Bonchev–Trinajstić information content (AvgIpc) is 3.14. The van der Waals surface area contributed by atoms with Gasteiger partial charge in [-0.2, -0.15) is 0 Å². The Labute approximate surface area is 186 Å². The van der Waals surface area contributed by atoms with Gasteiger partial charge >= 0.3 is 12.1 Å². The lowest BCUT2D eigenvalue weighted by molar-refractivity contribution is -0.139. The second-order valence-corrected chi connectivity index (χ2v) is 7.69. The Hall–Kier alpha value is -3.64. The summed E-state index contributed by atoms with van der Waals surface area (Å²) in [6.07, 6.45) is -0.603. The molecule has 3 aromatic rings. The smallest absolute Gasteiger partial charge is 0.407 e. The van der Waals surface area contributed by atoms with Gasteiger partial charge in [-0.25, -0.2) is 9.59 Å². The Kier molecular flexibility index (Phi) is 6.82. The minimum Gasteiger partial charge on any atom is -0.480 e. The van der Waals surface area contributed by atoms with Crippen LogP contribution >= 0.6 is 0 Å². The van der Waals surface area contributed by atoms with Crippen molar-refractivity contribution in [3.8, 4) is 11.1 Å². The molecule has 0 unspecified atom stereocenters. The maximum absolute atomic E-state index is 12.4. The summed E-state index contributed by atoms with van der Waals surface area (Å²) >= 11 is 0. The lowest BCUT2D eigenvalue weighted by atomic mass is 9.98. The normalized spacial score (nSPS) is 13.1. The second-order valence-electron chi connectivity index (χ2n) is 7.69. The lowest BCUT2D eigenvalue weighted by Gasteiger charge is -2.17. The number of ether oxygens (including phenoxy) is 2. The highest BCUT2D eigenvalue weighted by Gasteiger charge is 2.29. The van der Waals surface area contributed by atoms with Gasteiger partial charge in [0.25, 0.3) is 0 Å². The highest BCUT2D eigenvalue weighted by atomic mass is 16.5. The second kappa shape index (κ2) is 10.1. The van der Waals surface area contributed by atoms with Gasteiger partial charge in [-0.1, -0.05) is 78.9 Å². The van der Waals surface area contributed by atoms with Gasteiger partial charge in [-0.05, 0) is 27.8 Å². The van der Waals surface area contributed by atoms with Crippen molar-refractivity contribution in [3.63, 3.8) is 0 Å². The molecule has 164 valence electrons. The van der Waals surface area contributed by atoms with Gasteiger partial charge in [0.1, 0.15) is 12.6 Å².